The molecule has 3 N–H and O–H groups in total. The Morgan fingerprint density at radius 2 is 2.00 bits per heavy atom. The van der Waals surface area contributed by atoms with Crippen molar-refractivity contribution in [2.24, 2.45) is 0 Å². The first-order valence-electron chi connectivity index (χ1n) is 6.01. The maximum absolute atomic E-state index is 12.2. The Kier molecular flexibility index (Phi) is 4.29. The van der Waals surface area contributed by atoms with Gasteiger partial charge >= 0.3 is 0 Å². The minimum absolute atomic E-state index is 0.225. The maximum Gasteiger partial charge on any atom is 0.255 e. The summed E-state index contributed by atoms with van der Waals surface area (Å²) in [7, 11) is 1.54. The molecular formula is C15H15BrN2O2. The van der Waals surface area contributed by atoms with Crippen LogP contribution in [0.25, 0.3) is 0 Å². The van der Waals surface area contributed by atoms with Gasteiger partial charge in [0, 0.05) is 27.5 Å². The van der Waals surface area contributed by atoms with Crippen molar-refractivity contribution in [1.29, 1.82) is 0 Å². The van der Waals surface area contributed by atoms with Crippen LogP contribution in [0, 0.1) is 6.92 Å². The van der Waals surface area contributed by atoms with Crippen molar-refractivity contribution in [3.05, 3.63) is 52.0 Å². The van der Waals surface area contributed by atoms with E-state index in [9.17, 15) is 4.79 Å². The van der Waals surface area contributed by atoms with Crippen LogP contribution < -0.4 is 15.8 Å². The highest BCUT2D eigenvalue weighted by Crippen LogP contribution is 2.22. The molecule has 0 spiro atoms. The smallest absolute Gasteiger partial charge is 0.255 e. The molecule has 20 heavy (non-hydrogen) atoms. The molecule has 0 saturated carbocycles. The summed E-state index contributed by atoms with van der Waals surface area (Å²) in [4.78, 5) is 12.2. The predicted octanol–water partition coefficient (Wildman–Crippen LogP) is 3.60. The van der Waals surface area contributed by atoms with Gasteiger partial charge in [0.15, 0.2) is 0 Å². The number of nitrogens with two attached hydrogens (primary N) is 1. The normalized spacial score (nSPS) is 10.2. The third-order valence-electron chi connectivity index (χ3n) is 2.84. The van der Waals surface area contributed by atoms with Crippen molar-refractivity contribution < 1.29 is 9.53 Å². The van der Waals surface area contributed by atoms with Crippen LogP contribution in [-0.4, -0.2) is 13.0 Å². The molecule has 2 rings (SSSR count). The maximum atomic E-state index is 12.2. The third-order valence-corrected chi connectivity index (χ3v) is 3.73. The van der Waals surface area contributed by atoms with Gasteiger partial charge in [-0.05, 0) is 42.8 Å². The number of aryl methyl sites for hydroxylation is 1. The van der Waals surface area contributed by atoms with Crippen LogP contribution in [-0.2, 0) is 0 Å². The van der Waals surface area contributed by atoms with E-state index in [0.29, 0.717) is 17.0 Å². The number of ether oxygens (including phenoxy) is 1. The quantitative estimate of drug-likeness (QED) is 0.843. The van der Waals surface area contributed by atoms with Crippen LogP contribution in [0.3, 0.4) is 0 Å². The zero-order valence-corrected chi connectivity index (χ0v) is 12.8. The van der Waals surface area contributed by atoms with E-state index in [-0.39, 0.29) is 5.91 Å². The Hall–Kier alpha value is -2.01. The van der Waals surface area contributed by atoms with Gasteiger partial charge in [-0.1, -0.05) is 15.9 Å². The van der Waals surface area contributed by atoms with Crippen molar-refractivity contribution in [1.82, 2.24) is 0 Å². The van der Waals surface area contributed by atoms with Crippen LogP contribution >= 0.6 is 15.9 Å². The Bertz CT molecular complexity index is 656. The average Bonchev–Trinajstić information content (AvgIpc) is 2.42. The summed E-state index contributed by atoms with van der Waals surface area (Å²) in [5.41, 5.74) is 8.47. The monoisotopic (exact) mass is 334 g/mol. The van der Waals surface area contributed by atoms with Crippen LogP contribution in [0.4, 0.5) is 11.4 Å². The van der Waals surface area contributed by atoms with Gasteiger partial charge in [0.25, 0.3) is 5.91 Å². The molecule has 104 valence electrons. The Balaban J connectivity index is 2.23. The van der Waals surface area contributed by atoms with E-state index in [1.54, 1.807) is 18.2 Å². The molecule has 0 unspecified atom stereocenters. The summed E-state index contributed by atoms with van der Waals surface area (Å²) >= 11 is 3.42. The van der Waals surface area contributed by atoms with Crippen LogP contribution in [0.5, 0.6) is 5.75 Å². The predicted molar refractivity (Wildman–Crippen MR) is 84.2 cm³/mol. The van der Waals surface area contributed by atoms with Crippen molar-refractivity contribution >= 4 is 33.2 Å². The first-order valence-corrected chi connectivity index (χ1v) is 6.81. The molecule has 0 fully saturated rings. The highest BCUT2D eigenvalue weighted by Gasteiger charge is 2.09. The molecule has 5 heteroatoms. The lowest BCUT2D eigenvalue weighted by molar-refractivity contribution is 0.102. The summed E-state index contributed by atoms with van der Waals surface area (Å²) in [5, 5.41) is 2.83. The standard InChI is InChI=1S/C15H15BrN2O2/c1-9-5-12(3-4-14(9)16)18-15(19)10-6-11(17)8-13(7-10)20-2/h3-8H,17H2,1-2H3,(H,18,19). The molecule has 0 atom stereocenters. The summed E-state index contributed by atoms with van der Waals surface area (Å²) in [6.45, 7) is 1.96. The van der Waals surface area contributed by atoms with E-state index in [4.69, 9.17) is 10.5 Å². The Labute approximate surface area is 126 Å². The van der Waals surface area contributed by atoms with E-state index < -0.39 is 0 Å². The summed E-state index contributed by atoms with van der Waals surface area (Å²) in [6, 6.07) is 10.6. The molecule has 0 aliphatic carbocycles. The molecule has 0 aliphatic heterocycles. The topological polar surface area (TPSA) is 64.3 Å². The van der Waals surface area contributed by atoms with Gasteiger partial charge < -0.3 is 15.8 Å². The van der Waals surface area contributed by atoms with E-state index in [1.165, 1.54) is 7.11 Å². The largest absolute Gasteiger partial charge is 0.497 e. The second kappa shape index (κ2) is 5.96. The molecule has 1 amide bonds. The van der Waals surface area contributed by atoms with Crippen molar-refractivity contribution in [2.45, 2.75) is 6.92 Å². The number of methoxy groups -OCH3 is 1. The van der Waals surface area contributed by atoms with Crippen molar-refractivity contribution in [3.8, 4) is 5.75 Å². The van der Waals surface area contributed by atoms with Crippen LogP contribution in [0.15, 0.2) is 40.9 Å². The molecule has 0 saturated heterocycles. The first-order chi connectivity index (χ1) is 9.49. The van der Waals surface area contributed by atoms with E-state index in [1.807, 2.05) is 25.1 Å². The second-order valence-electron chi connectivity index (χ2n) is 4.41. The molecule has 4 nitrogen and oxygen atoms in total. The van der Waals surface area contributed by atoms with Gasteiger partial charge in [-0.25, -0.2) is 0 Å². The lowest BCUT2D eigenvalue weighted by Crippen LogP contribution is -2.12. The summed E-state index contributed by atoms with van der Waals surface area (Å²) < 4.78 is 6.11. The van der Waals surface area contributed by atoms with Gasteiger partial charge in [-0.2, -0.15) is 0 Å². The van der Waals surface area contributed by atoms with Gasteiger partial charge in [-0.3, -0.25) is 4.79 Å². The number of rotatable bonds is 3. The molecular weight excluding hydrogens is 320 g/mol. The number of nitrogen functional groups attached to an aromatic ring is 1. The van der Waals surface area contributed by atoms with Gasteiger partial charge in [-0.15, -0.1) is 0 Å². The number of nitrogens with one attached hydrogen (secondary N) is 1. The molecule has 0 radical (unpaired) electrons. The number of benzene rings is 2. The number of hydrogen-bond acceptors (Lipinski definition) is 3. The lowest BCUT2D eigenvalue weighted by atomic mass is 10.1. The third kappa shape index (κ3) is 3.30. The molecule has 0 heterocycles. The minimum atomic E-state index is -0.225. The summed E-state index contributed by atoms with van der Waals surface area (Å²) in [6.07, 6.45) is 0. The van der Waals surface area contributed by atoms with E-state index in [2.05, 4.69) is 21.2 Å². The van der Waals surface area contributed by atoms with Gasteiger partial charge in [0.2, 0.25) is 0 Å². The fourth-order valence-corrected chi connectivity index (χ4v) is 2.04. The highest BCUT2D eigenvalue weighted by atomic mass is 79.9. The van der Waals surface area contributed by atoms with Crippen LogP contribution in [0.2, 0.25) is 0 Å². The molecule has 0 aliphatic rings. The SMILES string of the molecule is COc1cc(N)cc(C(=O)Nc2ccc(Br)c(C)c2)c1. The highest BCUT2D eigenvalue weighted by molar-refractivity contribution is 9.10. The average molecular weight is 335 g/mol. The summed E-state index contributed by atoms with van der Waals surface area (Å²) in [5.74, 6) is 0.333. The Morgan fingerprint density at radius 1 is 1.25 bits per heavy atom. The number of anilines is 2. The molecule has 2 aromatic carbocycles. The second-order valence-corrected chi connectivity index (χ2v) is 5.27. The van der Waals surface area contributed by atoms with Crippen molar-refractivity contribution in [2.75, 3.05) is 18.2 Å². The van der Waals surface area contributed by atoms with E-state index in [0.717, 1.165) is 15.7 Å². The number of hydrogen-bond donors (Lipinski definition) is 2. The Morgan fingerprint density at radius 3 is 2.65 bits per heavy atom. The number of carbonyl (C=O) groups is 1. The van der Waals surface area contributed by atoms with Gasteiger partial charge in [0.1, 0.15) is 5.75 Å². The fraction of sp³-hybridized carbons (Fsp3) is 0.133. The number of amides is 1. The number of halogens is 1. The fourth-order valence-electron chi connectivity index (χ4n) is 1.80. The van der Waals surface area contributed by atoms with Crippen molar-refractivity contribution in [3.63, 3.8) is 0 Å². The number of carbonyl (C=O) groups excluding carboxylic acids is 1. The lowest BCUT2D eigenvalue weighted by Gasteiger charge is -2.09. The molecule has 0 bridgehead atoms. The minimum Gasteiger partial charge on any atom is -0.497 e. The molecule has 0 aromatic heterocycles. The van der Waals surface area contributed by atoms with Crippen LogP contribution in [0.1, 0.15) is 15.9 Å². The molecule has 2 aromatic rings. The zero-order valence-electron chi connectivity index (χ0n) is 11.2. The first kappa shape index (κ1) is 14.4. The van der Waals surface area contributed by atoms with Gasteiger partial charge in [0.05, 0.1) is 7.11 Å². The van der Waals surface area contributed by atoms with E-state index >= 15 is 0 Å². The zero-order chi connectivity index (χ0) is 14.7.